The molecule has 1 aromatic heterocycles. The summed E-state index contributed by atoms with van der Waals surface area (Å²) in [4.78, 5) is 23.2. The molecule has 0 saturated carbocycles. The van der Waals surface area contributed by atoms with Crippen molar-refractivity contribution in [3.05, 3.63) is 51.2 Å². The highest BCUT2D eigenvalue weighted by Crippen LogP contribution is 2.31. The summed E-state index contributed by atoms with van der Waals surface area (Å²) >= 11 is 1.53. The summed E-state index contributed by atoms with van der Waals surface area (Å²) in [6, 6.07) is 7.02. The van der Waals surface area contributed by atoms with Gasteiger partial charge in [0.1, 0.15) is 10.7 Å². The van der Waals surface area contributed by atoms with Crippen LogP contribution in [0.1, 0.15) is 45.7 Å². The van der Waals surface area contributed by atoms with E-state index in [9.17, 15) is 9.18 Å². The summed E-state index contributed by atoms with van der Waals surface area (Å²) in [6.07, 6.45) is 3.04. The lowest BCUT2D eigenvalue weighted by molar-refractivity contribution is 0.0588. The van der Waals surface area contributed by atoms with Gasteiger partial charge in [-0.05, 0) is 49.8 Å². The molecule has 4 nitrogen and oxygen atoms in total. The van der Waals surface area contributed by atoms with E-state index in [0.29, 0.717) is 5.92 Å². The number of amides is 1. The number of hydrogen-bond donors (Lipinski definition) is 0. The summed E-state index contributed by atoms with van der Waals surface area (Å²) in [5.74, 6) is 0.473. The van der Waals surface area contributed by atoms with Crippen molar-refractivity contribution in [1.29, 1.82) is 0 Å². The zero-order valence-corrected chi connectivity index (χ0v) is 16.8. The summed E-state index contributed by atoms with van der Waals surface area (Å²) in [7, 11) is 0. The van der Waals surface area contributed by atoms with E-state index in [-0.39, 0.29) is 17.8 Å². The van der Waals surface area contributed by atoms with Crippen molar-refractivity contribution in [2.45, 2.75) is 45.7 Å². The van der Waals surface area contributed by atoms with Crippen LogP contribution in [0.2, 0.25) is 0 Å². The van der Waals surface area contributed by atoms with E-state index in [2.05, 4.69) is 21.7 Å². The maximum Gasteiger partial charge on any atom is 0.266 e. The quantitative estimate of drug-likeness (QED) is 0.799. The molecular formula is C21H26FN3OS. The largest absolute Gasteiger partial charge is 0.333 e. The van der Waals surface area contributed by atoms with Gasteiger partial charge >= 0.3 is 0 Å². The second-order valence-electron chi connectivity index (χ2n) is 7.74. The number of piperidine rings is 1. The molecule has 0 spiro atoms. The maximum absolute atomic E-state index is 13.3. The Kier molecular flexibility index (Phi) is 5.28. The zero-order valence-electron chi connectivity index (χ0n) is 15.9. The van der Waals surface area contributed by atoms with Crippen molar-refractivity contribution in [3.8, 4) is 0 Å². The van der Waals surface area contributed by atoms with Crippen molar-refractivity contribution in [2.75, 3.05) is 19.6 Å². The Labute approximate surface area is 164 Å². The molecule has 3 saturated heterocycles. The number of aryl methyl sites for hydroxylation is 2. The summed E-state index contributed by atoms with van der Waals surface area (Å²) < 4.78 is 13.2. The second kappa shape index (κ2) is 7.68. The third kappa shape index (κ3) is 3.92. The van der Waals surface area contributed by atoms with Gasteiger partial charge in [0.05, 0.1) is 10.7 Å². The zero-order chi connectivity index (χ0) is 19.0. The molecule has 1 aromatic carbocycles. The van der Waals surface area contributed by atoms with Crippen LogP contribution < -0.4 is 0 Å². The highest BCUT2D eigenvalue weighted by molar-refractivity contribution is 7.13. The van der Waals surface area contributed by atoms with Gasteiger partial charge in [0.15, 0.2) is 0 Å². The molecule has 4 heterocycles. The van der Waals surface area contributed by atoms with Gasteiger partial charge in [-0.3, -0.25) is 9.69 Å². The van der Waals surface area contributed by atoms with Crippen LogP contribution in [-0.4, -0.2) is 46.4 Å². The van der Waals surface area contributed by atoms with Gasteiger partial charge < -0.3 is 4.90 Å². The third-order valence-corrected chi connectivity index (χ3v) is 6.70. The Bertz CT molecular complexity index is 819. The molecule has 6 heteroatoms. The van der Waals surface area contributed by atoms with Crippen LogP contribution in [0.25, 0.3) is 0 Å². The van der Waals surface area contributed by atoms with Crippen LogP contribution in [0, 0.1) is 18.7 Å². The Hall–Kier alpha value is -1.79. The van der Waals surface area contributed by atoms with E-state index in [4.69, 9.17) is 0 Å². The molecule has 1 amide bonds. The minimum Gasteiger partial charge on any atom is -0.333 e. The Morgan fingerprint density at radius 2 is 2.00 bits per heavy atom. The average molecular weight is 388 g/mol. The van der Waals surface area contributed by atoms with Gasteiger partial charge in [0, 0.05) is 32.2 Å². The number of halogens is 1. The van der Waals surface area contributed by atoms with Crippen molar-refractivity contribution < 1.29 is 9.18 Å². The molecule has 3 fully saturated rings. The molecule has 3 aliphatic rings. The van der Waals surface area contributed by atoms with E-state index in [1.165, 1.54) is 29.9 Å². The Morgan fingerprint density at radius 3 is 2.74 bits per heavy atom. The summed E-state index contributed by atoms with van der Waals surface area (Å²) in [5.41, 5.74) is 2.06. The van der Waals surface area contributed by atoms with E-state index < -0.39 is 0 Å². The van der Waals surface area contributed by atoms with E-state index >= 15 is 0 Å². The first kappa shape index (κ1) is 18.6. The summed E-state index contributed by atoms with van der Waals surface area (Å²) in [5, 5.41) is 0.966. The first-order chi connectivity index (χ1) is 13.0. The number of carbonyl (C=O) groups excluding carboxylic acids is 1. The normalized spacial score (nSPS) is 22.9. The standard InChI is InChI=1S/C21H26FN3OS/c1-3-19-20(27-14(2)23-19)21(26)25-12-16-6-9-18(25)13-24(11-16)10-15-4-7-17(22)8-5-15/h4-5,7-8,16,18H,3,6,9-13H2,1-2H3/t16-,18+/m0/s1. The Balaban J connectivity index is 1.51. The van der Waals surface area contributed by atoms with Gasteiger partial charge in [-0.2, -0.15) is 0 Å². The lowest BCUT2D eigenvalue weighted by Crippen LogP contribution is -2.47. The lowest BCUT2D eigenvalue weighted by atomic mass is 9.94. The first-order valence-corrected chi connectivity index (χ1v) is 10.6. The van der Waals surface area contributed by atoms with Crippen molar-refractivity contribution in [1.82, 2.24) is 14.8 Å². The fraction of sp³-hybridized carbons (Fsp3) is 0.524. The number of hydrogen-bond acceptors (Lipinski definition) is 4. The van der Waals surface area contributed by atoms with Crippen molar-refractivity contribution >= 4 is 17.2 Å². The first-order valence-electron chi connectivity index (χ1n) is 9.77. The van der Waals surface area contributed by atoms with Gasteiger partial charge in [0.25, 0.3) is 5.91 Å². The smallest absolute Gasteiger partial charge is 0.266 e. The van der Waals surface area contributed by atoms with Crippen LogP contribution in [0.5, 0.6) is 0 Å². The number of fused-ring (bicyclic) bond motifs is 4. The molecular weight excluding hydrogens is 361 g/mol. The van der Waals surface area contributed by atoms with Gasteiger partial charge in [-0.1, -0.05) is 19.1 Å². The van der Waals surface area contributed by atoms with E-state index in [1.807, 2.05) is 19.1 Å². The number of nitrogens with zero attached hydrogens (tertiary/aromatic N) is 3. The molecule has 2 bridgehead atoms. The molecule has 0 N–H and O–H groups in total. The molecule has 144 valence electrons. The van der Waals surface area contributed by atoms with Crippen LogP contribution in [0.15, 0.2) is 24.3 Å². The topological polar surface area (TPSA) is 36.4 Å². The van der Waals surface area contributed by atoms with Gasteiger partial charge in [0.2, 0.25) is 0 Å². The number of benzene rings is 1. The molecule has 2 atom stereocenters. The Morgan fingerprint density at radius 1 is 1.22 bits per heavy atom. The number of aromatic nitrogens is 1. The minimum atomic E-state index is -0.196. The molecule has 0 unspecified atom stereocenters. The van der Waals surface area contributed by atoms with Crippen molar-refractivity contribution in [3.63, 3.8) is 0 Å². The average Bonchev–Trinajstić information content (AvgIpc) is 2.83. The van der Waals surface area contributed by atoms with E-state index in [0.717, 1.165) is 60.2 Å². The van der Waals surface area contributed by atoms with E-state index in [1.54, 1.807) is 0 Å². The number of thiazole rings is 1. The maximum atomic E-state index is 13.3. The van der Waals surface area contributed by atoms with Crippen LogP contribution in [0.3, 0.4) is 0 Å². The van der Waals surface area contributed by atoms with Crippen LogP contribution in [-0.2, 0) is 13.0 Å². The molecule has 0 aliphatic carbocycles. The third-order valence-electron chi connectivity index (χ3n) is 5.70. The SMILES string of the molecule is CCc1nc(C)sc1C(=O)N1C[C@H]2CC[C@@H]1CN(Cc1ccc(F)cc1)C2. The predicted octanol–water partition coefficient (Wildman–Crippen LogP) is 3.89. The predicted molar refractivity (Wildman–Crippen MR) is 105 cm³/mol. The second-order valence-corrected chi connectivity index (χ2v) is 8.94. The van der Waals surface area contributed by atoms with Gasteiger partial charge in [-0.25, -0.2) is 9.37 Å². The highest BCUT2D eigenvalue weighted by atomic mass is 32.1. The van der Waals surface area contributed by atoms with Crippen LogP contribution >= 0.6 is 11.3 Å². The molecule has 3 aliphatic heterocycles. The van der Waals surface area contributed by atoms with Crippen LogP contribution in [0.4, 0.5) is 4.39 Å². The number of rotatable bonds is 4. The molecule has 2 aromatic rings. The number of carbonyl (C=O) groups is 1. The molecule has 0 radical (unpaired) electrons. The lowest BCUT2D eigenvalue weighted by Gasteiger charge is -2.36. The molecule has 5 rings (SSSR count). The van der Waals surface area contributed by atoms with Gasteiger partial charge in [-0.15, -0.1) is 11.3 Å². The minimum absolute atomic E-state index is 0.163. The fourth-order valence-corrected chi connectivity index (χ4v) is 5.38. The molecule has 27 heavy (non-hydrogen) atoms. The summed E-state index contributed by atoms with van der Waals surface area (Å²) in [6.45, 7) is 7.57. The van der Waals surface area contributed by atoms with Crippen molar-refractivity contribution in [2.24, 2.45) is 5.92 Å². The monoisotopic (exact) mass is 387 g/mol. The fourth-order valence-electron chi connectivity index (χ4n) is 4.41. The highest BCUT2D eigenvalue weighted by Gasteiger charge is 2.38.